The first-order valence-electron chi connectivity index (χ1n) is 11.0. The van der Waals surface area contributed by atoms with E-state index in [0.717, 1.165) is 0 Å². The van der Waals surface area contributed by atoms with E-state index in [2.05, 4.69) is 5.32 Å². The molecule has 0 bridgehead atoms. The molecule has 1 heterocycles. The molecule has 4 rings (SSSR count). The van der Waals surface area contributed by atoms with Crippen LogP contribution in [-0.4, -0.2) is 31.7 Å². The van der Waals surface area contributed by atoms with Crippen LogP contribution in [0, 0.1) is 11.7 Å². The number of piperidine rings is 1. The first-order valence-corrected chi connectivity index (χ1v) is 13.3. The van der Waals surface area contributed by atoms with Crippen molar-refractivity contribution in [3.63, 3.8) is 0 Å². The summed E-state index contributed by atoms with van der Waals surface area (Å²) in [7, 11) is -3.80. The van der Waals surface area contributed by atoms with E-state index in [1.165, 1.54) is 22.5 Å². The summed E-state index contributed by atoms with van der Waals surface area (Å²) < 4.78 is 47.0. The second kappa shape index (κ2) is 11.0. The van der Waals surface area contributed by atoms with Crippen LogP contribution in [0.2, 0.25) is 10.0 Å². The lowest BCUT2D eigenvalue weighted by molar-refractivity contribution is -0.120. The van der Waals surface area contributed by atoms with Crippen LogP contribution in [0.5, 0.6) is 11.5 Å². The van der Waals surface area contributed by atoms with Crippen molar-refractivity contribution in [3.05, 3.63) is 88.2 Å². The minimum absolute atomic E-state index is 0.0547. The molecule has 184 valence electrons. The highest BCUT2D eigenvalue weighted by Gasteiger charge is 2.32. The number of hydrogen-bond acceptors (Lipinski definition) is 4. The molecule has 0 aromatic heterocycles. The van der Waals surface area contributed by atoms with Gasteiger partial charge >= 0.3 is 0 Å². The van der Waals surface area contributed by atoms with Crippen LogP contribution in [0.4, 0.5) is 10.1 Å². The van der Waals surface area contributed by atoms with Crippen molar-refractivity contribution < 1.29 is 22.3 Å². The molecule has 0 unspecified atom stereocenters. The number of carbonyl (C=O) groups is 1. The molecule has 1 fully saturated rings. The van der Waals surface area contributed by atoms with Gasteiger partial charge in [0.25, 0.3) is 0 Å². The Morgan fingerprint density at radius 2 is 1.74 bits per heavy atom. The quantitative estimate of drug-likeness (QED) is 0.395. The lowest BCUT2D eigenvalue weighted by atomic mass is 9.97. The van der Waals surface area contributed by atoms with Gasteiger partial charge in [-0.1, -0.05) is 47.5 Å². The summed E-state index contributed by atoms with van der Waals surface area (Å²) in [6.45, 7) is 0.296. The molecule has 35 heavy (non-hydrogen) atoms. The molecule has 1 aliphatic heterocycles. The van der Waals surface area contributed by atoms with E-state index in [0.29, 0.717) is 35.1 Å². The van der Waals surface area contributed by atoms with Gasteiger partial charge in [-0.15, -0.1) is 0 Å². The molecule has 0 radical (unpaired) electrons. The molecular formula is C25H23Cl2FN2O4S. The molecule has 0 saturated carbocycles. The van der Waals surface area contributed by atoms with Gasteiger partial charge in [0.05, 0.1) is 11.4 Å². The topological polar surface area (TPSA) is 75.7 Å². The van der Waals surface area contributed by atoms with Crippen LogP contribution in [0.3, 0.4) is 0 Å². The maximum atomic E-state index is 14.1. The minimum Gasteiger partial charge on any atom is -0.455 e. The average Bonchev–Trinajstić information content (AvgIpc) is 2.84. The number of anilines is 1. The van der Waals surface area contributed by atoms with E-state index in [4.69, 9.17) is 27.9 Å². The third-order valence-electron chi connectivity index (χ3n) is 5.78. The number of carbonyl (C=O) groups excluding carboxylic acids is 1. The van der Waals surface area contributed by atoms with Crippen molar-refractivity contribution in [3.8, 4) is 11.5 Å². The van der Waals surface area contributed by atoms with E-state index in [9.17, 15) is 17.6 Å². The van der Waals surface area contributed by atoms with E-state index < -0.39 is 27.5 Å². The summed E-state index contributed by atoms with van der Waals surface area (Å²) in [6.07, 6.45) is 0.650. The van der Waals surface area contributed by atoms with Gasteiger partial charge in [-0.3, -0.25) is 4.79 Å². The summed E-state index contributed by atoms with van der Waals surface area (Å²) in [5, 5.41) is 3.37. The fourth-order valence-electron chi connectivity index (χ4n) is 3.88. The maximum Gasteiger partial charge on any atom is 0.227 e. The van der Waals surface area contributed by atoms with Crippen LogP contribution in [0.15, 0.2) is 66.7 Å². The van der Waals surface area contributed by atoms with Crippen molar-refractivity contribution in [1.29, 1.82) is 0 Å². The smallest absolute Gasteiger partial charge is 0.227 e. The lowest BCUT2D eigenvalue weighted by Gasteiger charge is -2.30. The zero-order valence-electron chi connectivity index (χ0n) is 18.6. The number of amides is 1. The van der Waals surface area contributed by atoms with Crippen molar-refractivity contribution in [2.24, 2.45) is 5.92 Å². The van der Waals surface area contributed by atoms with E-state index in [-0.39, 0.29) is 29.6 Å². The van der Waals surface area contributed by atoms with Crippen molar-refractivity contribution in [1.82, 2.24) is 4.31 Å². The number of rotatable bonds is 7. The van der Waals surface area contributed by atoms with Crippen LogP contribution in [0.1, 0.15) is 18.4 Å². The highest BCUT2D eigenvalue weighted by molar-refractivity contribution is 7.88. The Bertz CT molecular complexity index is 1290. The molecule has 1 aliphatic rings. The third-order valence-corrected chi connectivity index (χ3v) is 8.17. The first kappa shape index (κ1) is 25.4. The molecule has 6 nitrogen and oxygen atoms in total. The summed E-state index contributed by atoms with van der Waals surface area (Å²) in [4.78, 5) is 13.0. The number of hydrogen-bond donors (Lipinski definition) is 1. The van der Waals surface area contributed by atoms with E-state index in [1.54, 1.807) is 30.3 Å². The van der Waals surface area contributed by atoms with Crippen LogP contribution in [0.25, 0.3) is 0 Å². The van der Waals surface area contributed by atoms with Gasteiger partial charge in [-0.2, -0.15) is 0 Å². The Morgan fingerprint density at radius 1 is 1.03 bits per heavy atom. The average molecular weight is 537 g/mol. The highest BCUT2D eigenvalue weighted by Crippen LogP contribution is 2.33. The number of halogens is 3. The van der Waals surface area contributed by atoms with E-state index in [1.807, 2.05) is 18.2 Å². The molecule has 3 aromatic carbocycles. The predicted molar refractivity (Wildman–Crippen MR) is 135 cm³/mol. The lowest BCUT2D eigenvalue weighted by Crippen LogP contribution is -2.42. The van der Waals surface area contributed by atoms with Gasteiger partial charge in [0.2, 0.25) is 15.9 Å². The SMILES string of the molecule is O=C(Nc1cc(Cl)ccc1Oc1ccccc1)C1CCN(S(=O)(=O)Cc2c(F)cccc2Cl)CC1. The highest BCUT2D eigenvalue weighted by atomic mass is 35.5. The number of benzene rings is 3. The van der Waals surface area contributed by atoms with Crippen molar-refractivity contribution >= 4 is 44.8 Å². The fourth-order valence-corrected chi connectivity index (χ4v) is 5.97. The van der Waals surface area contributed by atoms with Crippen molar-refractivity contribution in [2.75, 3.05) is 18.4 Å². The molecular weight excluding hydrogens is 514 g/mol. The summed E-state index contributed by atoms with van der Waals surface area (Å²) in [5.41, 5.74) is 0.372. The maximum absolute atomic E-state index is 14.1. The van der Waals surface area contributed by atoms with Crippen LogP contribution < -0.4 is 10.1 Å². The number of nitrogens with zero attached hydrogens (tertiary/aromatic N) is 1. The third kappa shape index (κ3) is 6.32. The Kier molecular flexibility index (Phi) is 7.96. The molecule has 1 amide bonds. The molecule has 10 heteroatoms. The first-order chi connectivity index (χ1) is 16.7. The monoisotopic (exact) mass is 536 g/mol. The molecule has 1 saturated heterocycles. The molecule has 0 spiro atoms. The van der Waals surface area contributed by atoms with Gasteiger partial charge in [0, 0.05) is 34.6 Å². The van der Waals surface area contributed by atoms with Crippen molar-refractivity contribution in [2.45, 2.75) is 18.6 Å². The van der Waals surface area contributed by atoms with Crippen LogP contribution >= 0.6 is 23.2 Å². The normalized spacial score (nSPS) is 15.1. The van der Waals surface area contributed by atoms with Gasteiger partial charge in [-0.25, -0.2) is 17.1 Å². The molecule has 0 atom stereocenters. The largest absolute Gasteiger partial charge is 0.455 e. The Balaban J connectivity index is 1.40. The number of para-hydroxylation sites is 1. The Hall–Kier alpha value is -2.65. The van der Waals surface area contributed by atoms with Crippen LogP contribution in [-0.2, 0) is 20.6 Å². The number of nitrogens with one attached hydrogen (secondary N) is 1. The Morgan fingerprint density at radius 3 is 2.43 bits per heavy atom. The van der Waals surface area contributed by atoms with Gasteiger partial charge in [0.1, 0.15) is 11.6 Å². The van der Waals surface area contributed by atoms with E-state index >= 15 is 0 Å². The van der Waals surface area contributed by atoms with Gasteiger partial charge in [0.15, 0.2) is 5.75 Å². The molecule has 1 N–H and O–H groups in total. The zero-order chi connectivity index (χ0) is 25.0. The fraction of sp³-hybridized carbons (Fsp3) is 0.240. The van der Waals surface area contributed by atoms with Gasteiger partial charge in [-0.05, 0) is 55.3 Å². The van der Waals surface area contributed by atoms with Gasteiger partial charge < -0.3 is 10.1 Å². The Labute approximate surface area is 213 Å². The number of sulfonamides is 1. The summed E-state index contributed by atoms with van der Waals surface area (Å²) in [6, 6.07) is 18.1. The standard InChI is InChI=1S/C25H23Cl2FN2O4S/c26-18-9-10-24(34-19-5-2-1-3-6-19)23(15-18)29-25(31)17-11-13-30(14-12-17)35(32,33)16-20-21(27)7-4-8-22(20)28/h1-10,15,17H,11-14,16H2,(H,29,31). The summed E-state index contributed by atoms with van der Waals surface area (Å²) >= 11 is 12.1. The zero-order valence-corrected chi connectivity index (χ0v) is 20.9. The minimum atomic E-state index is -3.80. The predicted octanol–water partition coefficient (Wildman–Crippen LogP) is 6.11. The second-order valence-corrected chi connectivity index (χ2v) is 11.0. The molecule has 0 aliphatic carbocycles. The number of ether oxygens (including phenoxy) is 1. The summed E-state index contributed by atoms with van der Waals surface area (Å²) in [5.74, 6) is -0.792. The second-order valence-electron chi connectivity index (χ2n) is 8.17. The molecule has 3 aromatic rings.